The number of guanidine groups is 1. The monoisotopic (exact) mass is 488 g/mol. The van der Waals surface area contributed by atoms with Crippen molar-refractivity contribution in [3.05, 3.63) is 53.7 Å². The van der Waals surface area contributed by atoms with Crippen LogP contribution in [0, 0.1) is 5.82 Å². The van der Waals surface area contributed by atoms with Crippen LogP contribution in [0.3, 0.4) is 0 Å². The molecule has 0 atom stereocenters. The molecule has 1 aliphatic heterocycles. The van der Waals surface area contributed by atoms with Gasteiger partial charge in [0, 0.05) is 26.7 Å². The predicted octanol–water partition coefficient (Wildman–Crippen LogP) is 2.86. The van der Waals surface area contributed by atoms with E-state index in [0.717, 1.165) is 11.3 Å². The van der Waals surface area contributed by atoms with Crippen molar-refractivity contribution >= 4 is 35.6 Å². The third-order valence-electron chi connectivity index (χ3n) is 4.51. The van der Waals surface area contributed by atoms with Gasteiger partial charge in [-0.15, -0.1) is 24.0 Å². The maximum absolute atomic E-state index is 14.5. The predicted molar refractivity (Wildman–Crippen MR) is 115 cm³/mol. The maximum atomic E-state index is 14.5. The molecule has 0 aliphatic carbocycles. The second-order valence-electron chi connectivity index (χ2n) is 6.36. The van der Waals surface area contributed by atoms with Gasteiger partial charge in [0.05, 0.1) is 24.6 Å². The molecule has 1 aliphatic rings. The van der Waals surface area contributed by atoms with Crippen LogP contribution in [0.5, 0.6) is 0 Å². The number of halogens is 2. The van der Waals surface area contributed by atoms with Gasteiger partial charge in [-0.2, -0.15) is 0 Å². The second-order valence-corrected chi connectivity index (χ2v) is 6.36. The van der Waals surface area contributed by atoms with E-state index in [-0.39, 0.29) is 35.9 Å². The number of rotatable bonds is 5. The molecule has 0 radical (unpaired) electrons. The number of furan rings is 1. The molecule has 27 heavy (non-hydrogen) atoms. The fourth-order valence-electron chi connectivity index (χ4n) is 3.01. The van der Waals surface area contributed by atoms with E-state index in [1.54, 1.807) is 19.4 Å². The Morgan fingerprint density at radius 3 is 2.63 bits per heavy atom. The molecule has 3 rings (SSSR count). The Morgan fingerprint density at radius 1 is 1.26 bits per heavy atom. The Balaban J connectivity index is 0.00000261. The fraction of sp³-hybridized carbons (Fsp3) is 0.421. The number of hydrogen-bond acceptors (Lipinski definition) is 4. The molecule has 1 saturated heterocycles. The minimum Gasteiger partial charge on any atom is -0.467 e. The van der Waals surface area contributed by atoms with E-state index in [9.17, 15) is 9.50 Å². The lowest BCUT2D eigenvalue weighted by atomic mass is 10.1. The summed E-state index contributed by atoms with van der Waals surface area (Å²) in [7, 11) is 1.69. The lowest BCUT2D eigenvalue weighted by molar-refractivity contribution is 0.145. The SMILES string of the molecule is CN=C(NCc1ccc(N2CCC(O)CC2)c(F)c1)NCc1ccco1.I. The van der Waals surface area contributed by atoms with Gasteiger partial charge in [0.2, 0.25) is 0 Å². The van der Waals surface area contributed by atoms with Crippen LogP contribution in [0.25, 0.3) is 0 Å². The molecule has 2 heterocycles. The number of hydrogen-bond donors (Lipinski definition) is 3. The molecular weight excluding hydrogens is 462 g/mol. The highest BCUT2D eigenvalue weighted by atomic mass is 127. The lowest BCUT2D eigenvalue weighted by Crippen LogP contribution is -2.37. The van der Waals surface area contributed by atoms with Gasteiger partial charge in [-0.25, -0.2) is 4.39 Å². The van der Waals surface area contributed by atoms with Gasteiger partial charge < -0.3 is 25.1 Å². The standard InChI is InChI=1S/C19H25FN4O2.HI/c1-21-19(23-13-16-3-2-10-26-16)22-12-14-4-5-18(17(20)11-14)24-8-6-15(25)7-9-24;/h2-5,10-11,15,25H,6-9,12-13H2,1H3,(H2,21,22,23);1H. The molecule has 2 aromatic rings. The largest absolute Gasteiger partial charge is 0.467 e. The summed E-state index contributed by atoms with van der Waals surface area (Å²) in [5.74, 6) is 1.20. The summed E-state index contributed by atoms with van der Waals surface area (Å²) < 4.78 is 19.8. The smallest absolute Gasteiger partial charge is 0.191 e. The van der Waals surface area contributed by atoms with Gasteiger partial charge in [0.15, 0.2) is 5.96 Å². The Hall–Kier alpha value is -1.81. The Kier molecular flexibility index (Phi) is 8.36. The number of piperidine rings is 1. The highest BCUT2D eigenvalue weighted by Crippen LogP contribution is 2.24. The Labute approximate surface area is 175 Å². The number of aliphatic hydroxyl groups is 1. The van der Waals surface area contributed by atoms with Crippen LogP contribution in [0.4, 0.5) is 10.1 Å². The summed E-state index contributed by atoms with van der Waals surface area (Å²) in [6.45, 7) is 2.35. The topological polar surface area (TPSA) is 73.0 Å². The van der Waals surface area contributed by atoms with Crippen LogP contribution in [0.2, 0.25) is 0 Å². The molecule has 1 aromatic carbocycles. The zero-order chi connectivity index (χ0) is 18.4. The van der Waals surface area contributed by atoms with Gasteiger partial charge in [-0.1, -0.05) is 6.07 Å². The van der Waals surface area contributed by atoms with Crippen molar-refractivity contribution in [1.29, 1.82) is 0 Å². The first-order chi connectivity index (χ1) is 12.7. The van der Waals surface area contributed by atoms with E-state index in [1.165, 1.54) is 0 Å². The molecule has 0 saturated carbocycles. The van der Waals surface area contributed by atoms with E-state index in [1.807, 2.05) is 29.2 Å². The van der Waals surface area contributed by atoms with Crippen LogP contribution in [0.15, 0.2) is 46.0 Å². The van der Waals surface area contributed by atoms with Crippen molar-refractivity contribution in [2.45, 2.75) is 32.0 Å². The minimum absolute atomic E-state index is 0. The maximum Gasteiger partial charge on any atom is 0.191 e. The summed E-state index contributed by atoms with van der Waals surface area (Å²) in [5, 5.41) is 15.9. The second kappa shape index (κ2) is 10.5. The van der Waals surface area contributed by atoms with Crippen molar-refractivity contribution in [1.82, 2.24) is 10.6 Å². The van der Waals surface area contributed by atoms with Crippen LogP contribution >= 0.6 is 24.0 Å². The zero-order valence-electron chi connectivity index (χ0n) is 15.3. The average molecular weight is 488 g/mol. The average Bonchev–Trinajstić information content (AvgIpc) is 3.16. The van der Waals surface area contributed by atoms with E-state index in [2.05, 4.69) is 15.6 Å². The molecule has 0 spiro atoms. The van der Waals surface area contributed by atoms with Crippen molar-refractivity contribution in [3.8, 4) is 0 Å². The van der Waals surface area contributed by atoms with Gasteiger partial charge >= 0.3 is 0 Å². The summed E-state index contributed by atoms with van der Waals surface area (Å²) in [5.41, 5.74) is 1.44. The number of aliphatic hydroxyl groups excluding tert-OH is 1. The van der Waals surface area contributed by atoms with Crippen molar-refractivity contribution in [2.24, 2.45) is 4.99 Å². The van der Waals surface area contributed by atoms with Gasteiger partial charge in [0.25, 0.3) is 0 Å². The third kappa shape index (κ3) is 6.10. The molecule has 1 aromatic heterocycles. The Bertz CT molecular complexity index is 731. The van der Waals surface area contributed by atoms with Gasteiger partial charge in [-0.3, -0.25) is 4.99 Å². The summed E-state index contributed by atoms with van der Waals surface area (Å²) in [6, 6.07) is 8.99. The van der Waals surface area contributed by atoms with Crippen LogP contribution in [0.1, 0.15) is 24.2 Å². The van der Waals surface area contributed by atoms with E-state index in [4.69, 9.17) is 4.42 Å². The first kappa shape index (κ1) is 21.5. The van der Waals surface area contributed by atoms with Crippen molar-refractivity contribution in [2.75, 3.05) is 25.0 Å². The van der Waals surface area contributed by atoms with E-state index < -0.39 is 0 Å². The molecule has 0 amide bonds. The van der Waals surface area contributed by atoms with E-state index in [0.29, 0.717) is 50.7 Å². The van der Waals surface area contributed by atoms with Gasteiger partial charge in [0.1, 0.15) is 11.6 Å². The molecule has 0 bridgehead atoms. The summed E-state index contributed by atoms with van der Waals surface area (Å²) in [6.07, 6.45) is 2.72. The molecule has 0 unspecified atom stereocenters. The number of benzene rings is 1. The fourth-order valence-corrected chi connectivity index (χ4v) is 3.01. The van der Waals surface area contributed by atoms with Crippen molar-refractivity contribution in [3.63, 3.8) is 0 Å². The van der Waals surface area contributed by atoms with Crippen LogP contribution < -0.4 is 15.5 Å². The summed E-state index contributed by atoms with van der Waals surface area (Å²) >= 11 is 0. The number of nitrogens with zero attached hydrogens (tertiary/aromatic N) is 2. The normalized spacial score (nSPS) is 15.4. The lowest BCUT2D eigenvalue weighted by Gasteiger charge is -2.31. The molecule has 3 N–H and O–H groups in total. The van der Waals surface area contributed by atoms with Crippen LogP contribution in [-0.2, 0) is 13.1 Å². The van der Waals surface area contributed by atoms with E-state index >= 15 is 0 Å². The first-order valence-electron chi connectivity index (χ1n) is 8.84. The zero-order valence-corrected chi connectivity index (χ0v) is 17.7. The minimum atomic E-state index is -0.266. The number of anilines is 1. The molecule has 8 heteroatoms. The molecule has 1 fully saturated rings. The molecule has 148 valence electrons. The highest BCUT2D eigenvalue weighted by Gasteiger charge is 2.19. The quantitative estimate of drug-likeness (QED) is 0.343. The highest BCUT2D eigenvalue weighted by molar-refractivity contribution is 14.0. The van der Waals surface area contributed by atoms with Gasteiger partial charge in [-0.05, 0) is 42.7 Å². The Morgan fingerprint density at radius 2 is 2.00 bits per heavy atom. The molecular formula is C19H26FIN4O2. The molecule has 6 nitrogen and oxygen atoms in total. The van der Waals surface area contributed by atoms with Crippen molar-refractivity contribution < 1.29 is 13.9 Å². The number of aliphatic imine (C=N–C) groups is 1. The summed E-state index contributed by atoms with van der Waals surface area (Å²) in [4.78, 5) is 6.14. The number of nitrogens with one attached hydrogen (secondary N) is 2. The van der Waals surface area contributed by atoms with Crippen LogP contribution in [-0.4, -0.2) is 37.3 Å². The first-order valence-corrected chi connectivity index (χ1v) is 8.84. The third-order valence-corrected chi connectivity index (χ3v) is 4.51.